The van der Waals surface area contributed by atoms with Crippen LogP contribution in [0.3, 0.4) is 0 Å². The van der Waals surface area contributed by atoms with Crippen molar-refractivity contribution < 1.29 is 19.1 Å². The molecule has 74 valence electrons. The maximum Gasteiger partial charge on any atom is 0.356 e. The van der Waals surface area contributed by atoms with Gasteiger partial charge in [0, 0.05) is 19.2 Å². The molecule has 0 atom stereocenters. The van der Waals surface area contributed by atoms with E-state index in [9.17, 15) is 9.59 Å². The van der Waals surface area contributed by atoms with E-state index in [4.69, 9.17) is 4.74 Å². The standard InChI is InChI=1S/C9H9NO4/c1-6(11)14-7-3-4-10-8(5-7)9(12)13-2/h3-5H,1-2H3. The first kappa shape index (κ1) is 10.2. The highest BCUT2D eigenvalue weighted by atomic mass is 16.5. The highest BCUT2D eigenvalue weighted by Gasteiger charge is 2.08. The molecule has 0 unspecified atom stereocenters. The largest absolute Gasteiger partial charge is 0.464 e. The molecule has 0 aliphatic heterocycles. The number of ether oxygens (including phenoxy) is 2. The molecule has 0 radical (unpaired) electrons. The lowest BCUT2D eigenvalue weighted by molar-refractivity contribution is -0.131. The Morgan fingerprint density at radius 1 is 1.43 bits per heavy atom. The molecule has 0 aliphatic rings. The fraction of sp³-hybridized carbons (Fsp3) is 0.222. The van der Waals surface area contributed by atoms with Crippen LogP contribution in [0.5, 0.6) is 5.75 Å². The van der Waals surface area contributed by atoms with Crippen molar-refractivity contribution in [2.75, 3.05) is 7.11 Å². The van der Waals surface area contributed by atoms with E-state index in [-0.39, 0.29) is 11.4 Å². The Hall–Kier alpha value is -1.91. The highest BCUT2D eigenvalue weighted by Crippen LogP contribution is 2.11. The van der Waals surface area contributed by atoms with Gasteiger partial charge in [-0.1, -0.05) is 0 Å². The molecule has 0 N–H and O–H groups in total. The lowest BCUT2D eigenvalue weighted by atomic mass is 10.3. The summed E-state index contributed by atoms with van der Waals surface area (Å²) >= 11 is 0. The minimum atomic E-state index is -0.570. The van der Waals surface area contributed by atoms with Crippen LogP contribution in [0.15, 0.2) is 18.3 Å². The SMILES string of the molecule is COC(=O)c1cc(OC(C)=O)ccn1. The van der Waals surface area contributed by atoms with Gasteiger partial charge in [0.15, 0.2) is 5.69 Å². The van der Waals surface area contributed by atoms with Crippen molar-refractivity contribution in [3.05, 3.63) is 24.0 Å². The van der Waals surface area contributed by atoms with Gasteiger partial charge in [0.2, 0.25) is 0 Å². The minimum Gasteiger partial charge on any atom is -0.464 e. The van der Waals surface area contributed by atoms with Crippen molar-refractivity contribution in [1.29, 1.82) is 0 Å². The average Bonchev–Trinajstić information content (AvgIpc) is 2.16. The molecule has 0 bridgehead atoms. The zero-order chi connectivity index (χ0) is 10.6. The summed E-state index contributed by atoms with van der Waals surface area (Å²) in [5, 5.41) is 0. The fourth-order valence-electron chi connectivity index (χ4n) is 0.857. The molecule has 0 amide bonds. The summed E-state index contributed by atoms with van der Waals surface area (Å²) in [4.78, 5) is 25.4. The van der Waals surface area contributed by atoms with E-state index in [1.165, 1.54) is 32.4 Å². The molecular weight excluding hydrogens is 186 g/mol. The Bertz CT molecular complexity index is 362. The molecule has 1 aromatic rings. The summed E-state index contributed by atoms with van der Waals surface area (Å²) in [6.07, 6.45) is 1.37. The maximum absolute atomic E-state index is 11.0. The number of carbonyl (C=O) groups is 2. The van der Waals surface area contributed by atoms with E-state index in [1.54, 1.807) is 0 Å². The first-order chi connectivity index (χ1) is 6.63. The molecule has 1 aromatic heterocycles. The van der Waals surface area contributed by atoms with E-state index in [2.05, 4.69) is 9.72 Å². The van der Waals surface area contributed by atoms with Gasteiger partial charge in [-0.3, -0.25) is 4.79 Å². The molecule has 0 spiro atoms. The van der Waals surface area contributed by atoms with Gasteiger partial charge >= 0.3 is 11.9 Å². The Morgan fingerprint density at radius 2 is 2.14 bits per heavy atom. The Balaban J connectivity index is 2.89. The maximum atomic E-state index is 11.0. The van der Waals surface area contributed by atoms with Crippen molar-refractivity contribution in [1.82, 2.24) is 4.98 Å². The number of hydrogen-bond donors (Lipinski definition) is 0. The van der Waals surface area contributed by atoms with Gasteiger partial charge in [-0.2, -0.15) is 0 Å². The number of pyridine rings is 1. The van der Waals surface area contributed by atoms with E-state index in [1.807, 2.05) is 0 Å². The highest BCUT2D eigenvalue weighted by molar-refractivity contribution is 5.87. The van der Waals surface area contributed by atoms with E-state index < -0.39 is 11.9 Å². The van der Waals surface area contributed by atoms with Crippen molar-refractivity contribution in [2.24, 2.45) is 0 Å². The van der Waals surface area contributed by atoms with Crippen molar-refractivity contribution in [3.63, 3.8) is 0 Å². The van der Waals surface area contributed by atoms with E-state index in [0.717, 1.165) is 0 Å². The quantitative estimate of drug-likeness (QED) is 0.653. The predicted octanol–water partition coefficient (Wildman–Crippen LogP) is 0.793. The third kappa shape index (κ3) is 2.55. The summed E-state index contributed by atoms with van der Waals surface area (Å²) in [6, 6.07) is 2.82. The molecule has 14 heavy (non-hydrogen) atoms. The van der Waals surface area contributed by atoms with Crippen LogP contribution in [0, 0.1) is 0 Å². The van der Waals surface area contributed by atoms with Gasteiger partial charge in [0.05, 0.1) is 7.11 Å². The number of aromatic nitrogens is 1. The topological polar surface area (TPSA) is 65.5 Å². The molecule has 1 rings (SSSR count). The molecule has 5 heteroatoms. The molecule has 1 heterocycles. The van der Waals surface area contributed by atoms with Crippen LogP contribution in [-0.4, -0.2) is 24.0 Å². The second-order valence-corrected chi connectivity index (χ2v) is 2.46. The van der Waals surface area contributed by atoms with Crippen molar-refractivity contribution >= 4 is 11.9 Å². The third-order valence-corrected chi connectivity index (χ3v) is 1.39. The van der Waals surface area contributed by atoms with Crippen LogP contribution < -0.4 is 4.74 Å². The first-order valence-corrected chi connectivity index (χ1v) is 3.86. The number of esters is 2. The van der Waals surface area contributed by atoms with Crippen LogP contribution in [0.25, 0.3) is 0 Å². The molecule has 0 aromatic carbocycles. The van der Waals surface area contributed by atoms with Crippen LogP contribution in [0.4, 0.5) is 0 Å². The third-order valence-electron chi connectivity index (χ3n) is 1.39. The Labute approximate surface area is 80.7 Å². The first-order valence-electron chi connectivity index (χ1n) is 3.86. The molecule has 5 nitrogen and oxygen atoms in total. The summed E-state index contributed by atoms with van der Waals surface area (Å²) in [5.74, 6) is -0.751. The molecular formula is C9H9NO4. The zero-order valence-corrected chi connectivity index (χ0v) is 7.81. The molecule has 0 saturated carbocycles. The number of methoxy groups -OCH3 is 1. The lowest BCUT2D eigenvalue weighted by Gasteiger charge is -2.02. The zero-order valence-electron chi connectivity index (χ0n) is 7.81. The van der Waals surface area contributed by atoms with Gasteiger partial charge in [0.1, 0.15) is 5.75 Å². The molecule has 0 saturated heterocycles. The lowest BCUT2D eigenvalue weighted by Crippen LogP contribution is -2.06. The number of hydrogen-bond acceptors (Lipinski definition) is 5. The van der Waals surface area contributed by atoms with Crippen LogP contribution in [-0.2, 0) is 9.53 Å². The van der Waals surface area contributed by atoms with Crippen molar-refractivity contribution in [2.45, 2.75) is 6.92 Å². The average molecular weight is 195 g/mol. The molecule has 0 fully saturated rings. The summed E-state index contributed by atoms with van der Waals surface area (Å²) in [5.41, 5.74) is 0.103. The van der Waals surface area contributed by atoms with Gasteiger partial charge in [-0.25, -0.2) is 9.78 Å². The van der Waals surface area contributed by atoms with Gasteiger partial charge in [-0.05, 0) is 6.07 Å². The number of nitrogens with zero attached hydrogens (tertiary/aromatic N) is 1. The Kier molecular flexibility index (Phi) is 3.17. The number of rotatable bonds is 2. The monoisotopic (exact) mass is 195 g/mol. The van der Waals surface area contributed by atoms with Gasteiger partial charge < -0.3 is 9.47 Å². The van der Waals surface area contributed by atoms with Gasteiger partial charge in [-0.15, -0.1) is 0 Å². The normalized spacial score (nSPS) is 9.29. The minimum absolute atomic E-state index is 0.103. The van der Waals surface area contributed by atoms with Crippen LogP contribution >= 0.6 is 0 Å². The fourth-order valence-corrected chi connectivity index (χ4v) is 0.857. The summed E-state index contributed by atoms with van der Waals surface area (Å²) < 4.78 is 9.22. The van der Waals surface area contributed by atoms with Gasteiger partial charge in [0.25, 0.3) is 0 Å². The van der Waals surface area contributed by atoms with Crippen molar-refractivity contribution in [3.8, 4) is 5.75 Å². The second kappa shape index (κ2) is 4.36. The smallest absolute Gasteiger partial charge is 0.356 e. The summed E-state index contributed by atoms with van der Waals surface area (Å²) in [7, 11) is 1.25. The number of carbonyl (C=O) groups excluding carboxylic acids is 2. The van der Waals surface area contributed by atoms with E-state index >= 15 is 0 Å². The second-order valence-electron chi connectivity index (χ2n) is 2.46. The van der Waals surface area contributed by atoms with Crippen LogP contribution in [0.2, 0.25) is 0 Å². The Morgan fingerprint density at radius 3 is 2.71 bits per heavy atom. The molecule has 0 aliphatic carbocycles. The predicted molar refractivity (Wildman–Crippen MR) is 46.9 cm³/mol. The van der Waals surface area contributed by atoms with Crippen LogP contribution in [0.1, 0.15) is 17.4 Å². The summed E-state index contributed by atoms with van der Waals surface area (Å²) in [6.45, 7) is 1.28. The van der Waals surface area contributed by atoms with E-state index in [0.29, 0.717) is 0 Å².